The van der Waals surface area contributed by atoms with E-state index in [0.717, 1.165) is 19.6 Å². The minimum absolute atomic E-state index is 0.429. The normalized spacial score (nSPS) is 35.4. The van der Waals surface area contributed by atoms with E-state index in [0.29, 0.717) is 18.2 Å². The molecule has 0 bridgehead atoms. The molecule has 94 valence electrons. The number of nitrogens with one attached hydrogen (secondary N) is 1. The molecule has 3 unspecified atom stereocenters. The number of ether oxygens (including phenoxy) is 2. The molecule has 1 saturated heterocycles. The highest BCUT2D eigenvalue weighted by atomic mass is 16.5. The largest absolute Gasteiger partial charge is 0.380 e. The van der Waals surface area contributed by atoms with E-state index in [-0.39, 0.29) is 0 Å². The van der Waals surface area contributed by atoms with Gasteiger partial charge in [0.25, 0.3) is 0 Å². The maximum atomic E-state index is 5.62. The monoisotopic (exact) mass is 227 g/mol. The van der Waals surface area contributed by atoms with Crippen LogP contribution in [-0.4, -0.2) is 38.5 Å². The van der Waals surface area contributed by atoms with Crippen LogP contribution in [0.3, 0.4) is 0 Å². The van der Waals surface area contributed by atoms with Crippen LogP contribution in [0.4, 0.5) is 0 Å². The zero-order valence-corrected chi connectivity index (χ0v) is 10.4. The molecule has 2 aliphatic rings. The van der Waals surface area contributed by atoms with Crippen molar-refractivity contribution in [1.29, 1.82) is 0 Å². The van der Waals surface area contributed by atoms with Crippen molar-refractivity contribution in [3.8, 4) is 0 Å². The van der Waals surface area contributed by atoms with Crippen molar-refractivity contribution in [1.82, 2.24) is 5.32 Å². The van der Waals surface area contributed by atoms with Crippen LogP contribution >= 0.6 is 0 Å². The summed E-state index contributed by atoms with van der Waals surface area (Å²) in [6.45, 7) is 2.05. The van der Waals surface area contributed by atoms with Crippen molar-refractivity contribution in [2.45, 2.75) is 63.2 Å². The van der Waals surface area contributed by atoms with Gasteiger partial charge in [-0.15, -0.1) is 0 Å². The fraction of sp³-hybridized carbons (Fsp3) is 1.00. The van der Waals surface area contributed by atoms with Gasteiger partial charge in [-0.25, -0.2) is 0 Å². The van der Waals surface area contributed by atoms with Crippen LogP contribution in [0.1, 0.15) is 44.9 Å². The van der Waals surface area contributed by atoms with E-state index in [9.17, 15) is 0 Å². The second-order valence-electron chi connectivity index (χ2n) is 5.04. The molecule has 1 N–H and O–H groups in total. The highest BCUT2D eigenvalue weighted by molar-refractivity contribution is 4.82. The van der Waals surface area contributed by atoms with E-state index in [2.05, 4.69) is 5.32 Å². The Morgan fingerprint density at radius 2 is 2.06 bits per heavy atom. The number of rotatable bonds is 5. The molecule has 3 atom stereocenters. The Morgan fingerprint density at radius 3 is 2.81 bits per heavy atom. The van der Waals surface area contributed by atoms with E-state index in [1.807, 2.05) is 7.11 Å². The molecule has 0 radical (unpaired) electrons. The quantitative estimate of drug-likeness (QED) is 0.780. The van der Waals surface area contributed by atoms with Gasteiger partial charge in [0, 0.05) is 19.8 Å². The molecular formula is C13H25NO2. The fourth-order valence-corrected chi connectivity index (χ4v) is 2.91. The van der Waals surface area contributed by atoms with Crippen LogP contribution in [-0.2, 0) is 9.47 Å². The lowest BCUT2D eigenvalue weighted by Gasteiger charge is -2.31. The smallest absolute Gasteiger partial charge is 0.0724 e. The Kier molecular flexibility index (Phi) is 5.07. The third-order valence-electron chi connectivity index (χ3n) is 3.90. The summed E-state index contributed by atoms with van der Waals surface area (Å²) in [5.74, 6) is 0. The second-order valence-corrected chi connectivity index (χ2v) is 5.04. The molecule has 0 aromatic carbocycles. The van der Waals surface area contributed by atoms with E-state index in [1.54, 1.807) is 0 Å². The van der Waals surface area contributed by atoms with Gasteiger partial charge < -0.3 is 14.8 Å². The van der Waals surface area contributed by atoms with Crippen LogP contribution < -0.4 is 5.32 Å². The minimum atomic E-state index is 0.429. The molecule has 1 aliphatic carbocycles. The standard InChI is InChI=1S/C13H25NO2/c1-15-13-7-3-2-6-12(13)14-9-8-11-5-4-10-16-11/h11-14H,2-10H2,1H3. The third kappa shape index (κ3) is 3.44. The number of hydrogen-bond acceptors (Lipinski definition) is 3. The van der Waals surface area contributed by atoms with Crippen LogP contribution in [0.2, 0.25) is 0 Å². The summed E-state index contributed by atoms with van der Waals surface area (Å²) < 4.78 is 11.2. The zero-order chi connectivity index (χ0) is 11.2. The van der Waals surface area contributed by atoms with E-state index < -0.39 is 0 Å². The topological polar surface area (TPSA) is 30.5 Å². The predicted molar refractivity (Wildman–Crippen MR) is 64.6 cm³/mol. The van der Waals surface area contributed by atoms with Crippen molar-refractivity contribution in [3.05, 3.63) is 0 Å². The van der Waals surface area contributed by atoms with Crippen LogP contribution in [0.15, 0.2) is 0 Å². The van der Waals surface area contributed by atoms with Gasteiger partial charge >= 0.3 is 0 Å². The molecule has 0 spiro atoms. The molecule has 2 rings (SSSR count). The van der Waals surface area contributed by atoms with Crippen LogP contribution in [0.5, 0.6) is 0 Å². The average molecular weight is 227 g/mol. The van der Waals surface area contributed by atoms with Gasteiger partial charge in [0.05, 0.1) is 12.2 Å². The molecule has 2 fully saturated rings. The first-order valence-corrected chi connectivity index (χ1v) is 6.78. The number of methoxy groups -OCH3 is 1. The first-order valence-electron chi connectivity index (χ1n) is 6.78. The van der Waals surface area contributed by atoms with Crippen molar-refractivity contribution in [3.63, 3.8) is 0 Å². The molecule has 1 saturated carbocycles. The van der Waals surface area contributed by atoms with Gasteiger partial charge in [0.2, 0.25) is 0 Å². The molecule has 16 heavy (non-hydrogen) atoms. The molecule has 0 aromatic heterocycles. The zero-order valence-electron chi connectivity index (χ0n) is 10.4. The summed E-state index contributed by atoms with van der Waals surface area (Å²) in [5.41, 5.74) is 0. The second kappa shape index (κ2) is 6.58. The van der Waals surface area contributed by atoms with Crippen molar-refractivity contribution in [2.24, 2.45) is 0 Å². The molecule has 1 heterocycles. The minimum Gasteiger partial charge on any atom is -0.380 e. The lowest BCUT2D eigenvalue weighted by Crippen LogP contribution is -2.44. The first kappa shape index (κ1) is 12.3. The van der Waals surface area contributed by atoms with E-state index in [1.165, 1.54) is 38.5 Å². The Labute approximate surface area is 98.9 Å². The molecule has 3 nitrogen and oxygen atoms in total. The van der Waals surface area contributed by atoms with Crippen molar-refractivity contribution in [2.75, 3.05) is 20.3 Å². The van der Waals surface area contributed by atoms with Gasteiger partial charge in [-0.2, -0.15) is 0 Å². The first-order chi connectivity index (χ1) is 7.90. The summed E-state index contributed by atoms with van der Waals surface area (Å²) in [7, 11) is 1.84. The Hall–Kier alpha value is -0.120. The van der Waals surface area contributed by atoms with Crippen molar-refractivity contribution < 1.29 is 9.47 Å². The molecule has 0 amide bonds. The Bertz CT molecular complexity index is 192. The SMILES string of the molecule is COC1CCCCC1NCCC1CCCO1. The molecule has 3 heteroatoms. The number of hydrogen-bond donors (Lipinski definition) is 1. The summed E-state index contributed by atoms with van der Waals surface area (Å²) in [6, 6.07) is 0.570. The summed E-state index contributed by atoms with van der Waals surface area (Å²) in [4.78, 5) is 0. The van der Waals surface area contributed by atoms with Gasteiger partial charge in [0.15, 0.2) is 0 Å². The highest BCUT2D eigenvalue weighted by Gasteiger charge is 2.24. The van der Waals surface area contributed by atoms with E-state index >= 15 is 0 Å². The lowest BCUT2D eigenvalue weighted by atomic mass is 9.92. The van der Waals surface area contributed by atoms with Crippen molar-refractivity contribution >= 4 is 0 Å². The summed E-state index contributed by atoms with van der Waals surface area (Å²) in [6.07, 6.45) is 9.75. The average Bonchev–Trinajstić information content (AvgIpc) is 2.83. The fourth-order valence-electron chi connectivity index (χ4n) is 2.91. The van der Waals surface area contributed by atoms with E-state index in [4.69, 9.17) is 9.47 Å². The maximum Gasteiger partial charge on any atom is 0.0724 e. The molecular weight excluding hydrogens is 202 g/mol. The lowest BCUT2D eigenvalue weighted by molar-refractivity contribution is 0.0392. The van der Waals surface area contributed by atoms with Crippen LogP contribution in [0, 0.1) is 0 Å². The Balaban J connectivity index is 1.63. The van der Waals surface area contributed by atoms with Gasteiger partial charge in [-0.3, -0.25) is 0 Å². The Morgan fingerprint density at radius 1 is 1.19 bits per heavy atom. The molecule has 1 aliphatic heterocycles. The highest BCUT2D eigenvalue weighted by Crippen LogP contribution is 2.21. The predicted octanol–water partition coefficient (Wildman–Crippen LogP) is 2.10. The summed E-state index contributed by atoms with van der Waals surface area (Å²) >= 11 is 0. The van der Waals surface area contributed by atoms with Gasteiger partial charge in [-0.05, 0) is 38.6 Å². The third-order valence-corrected chi connectivity index (χ3v) is 3.90. The van der Waals surface area contributed by atoms with Crippen LogP contribution in [0.25, 0.3) is 0 Å². The van der Waals surface area contributed by atoms with Gasteiger partial charge in [-0.1, -0.05) is 12.8 Å². The molecule has 0 aromatic rings. The van der Waals surface area contributed by atoms with Gasteiger partial charge in [0.1, 0.15) is 0 Å². The summed E-state index contributed by atoms with van der Waals surface area (Å²) in [5, 5.41) is 3.64. The maximum absolute atomic E-state index is 5.62.